The number of halogens is 1. The summed E-state index contributed by atoms with van der Waals surface area (Å²) in [4.78, 5) is 1.26. The van der Waals surface area contributed by atoms with Gasteiger partial charge in [-0.3, -0.25) is 11.3 Å². The Labute approximate surface area is 123 Å². The Morgan fingerprint density at radius 3 is 2.30 bits per heavy atom. The molecule has 3 N–H and O–H groups in total. The van der Waals surface area contributed by atoms with Crippen LogP contribution in [0.1, 0.15) is 24.1 Å². The minimum atomic E-state index is -0.216. The van der Waals surface area contributed by atoms with Crippen LogP contribution in [-0.4, -0.2) is 5.75 Å². The van der Waals surface area contributed by atoms with Gasteiger partial charge in [0.2, 0.25) is 0 Å². The van der Waals surface area contributed by atoms with Crippen molar-refractivity contribution in [3.05, 3.63) is 65.5 Å². The molecule has 106 valence electrons. The lowest BCUT2D eigenvalue weighted by Crippen LogP contribution is -2.29. The smallest absolute Gasteiger partial charge is 0.123 e. The van der Waals surface area contributed by atoms with Crippen molar-refractivity contribution < 1.29 is 4.39 Å². The normalized spacial score (nSPS) is 12.3. The molecule has 1 atom stereocenters. The highest BCUT2D eigenvalue weighted by Gasteiger charge is 2.10. The topological polar surface area (TPSA) is 38.0 Å². The first-order valence-electron chi connectivity index (χ1n) is 6.66. The molecule has 0 amide bonds. The highest BCUT2D eigenvalue weighted by Crippen LogP contribution is 2.22. The van der Waals surface area contributed by atoms with Crippen LogP contribution in [0.2, 0.25) is 0 Å². The second-order valence-corrected chi connectivity index (χ2v) is 5.89. The lowest BCUT2D eigenvalue weighted by molar-refractivity contribution is 0.550. The van der Waals surface area contributed by atoms with Crippen LogP contribution >= 0.6 is 11.8 Å². The van der Waals surface area contributed by atoms with E-state index in [0.29, 0.717) is 0 Å². The van der Waals surface area contributed by atoms with Gasteiger partial charge in [0.05, 0.1) is 0 Å². The average molecular weight is 290 g/mol. The molecule has 0 bridgehead atoms. The van der Waals surface area contributed by atoms with Gasteiger partial charge in [-0.2, -0.15) is 0 Å². The second-order valence-electron chi connectivity index (χ2n) is 4.55. The second kappa shape index (κ2) is 7.43. The van der Waals surface area contributed by atoms with Crippen molar-refractivity contribution in [2.45, 2.75) is 24.3 Å². The first-order valence-corrected chi connectivity index (χ1v) is 7.65. The Morgan fingerprint density at radius 2 is 1.75 bits per heavy atom. The largest absolute Gasteiger partial charge is 0.271 e. The maximum atomic E-state index is 12.9. The average Bonchev–Trinajstić information content (AvgIpc) is 2.48. The molecule has 0 aliphatic carbocycles. The summed E-state index contributed by atoms with van der Waals surface area (Å²) in [6, 6.07) is 15.0. The van der Waals surface area contributed by atoms with E-state index in [1.165, 1.54) is 17.0 Å². The minimum absolute atomic E-state index is 0.0288. The third kappa shape index (κ3) is 4.07. The van der Waals surface area contributed by atoms with Gasteiger partial charge >= 0.3 is 0 Å². The minimum Gasteiger partial charge on any atom is -0.271 e. The van der Waals surface area contributed by atoms with Gasteiger partial charge in [-0.15, -0.1) is 11.8 Å². The Bertz CT molecular complexity index is 525. The van der Waals surface area contributed by atoms with Gasteiger partial charge in [0, 0.05) is 10.9 Å². The van der Waals surface area contributed by atoms with E-state index in [1.54, 1.807) is 12.1 Å². The van der Waals surface area contributed by atoms with Gasteiger partial charge < -0.3 is 0 Å². The molecule has 2 aromatic carbocycles. The van der Waals surface area contributed by atoms with Gasteiger partial charge in [-0.25, -0.2) is 4.39 Å². The van der Waals surface area contributed by atoms with E-state index in [-0.39, 0.29) is 11.9 Å². The molecule has 2 rings (SSSR count). The summed E-state index contributed by atoms with van der Waals surface area (Å²) >= 11 is 1.82. The molecule has 2 aromatic rings. The Morgan fingerprint density at radius 1 is 1.10 bits per heavy atom. The lowest BCUT2D eigenvalue weighted by Gasteiger charge is -2.17. The fourth-order valence-electron chi connectivity index (χ4n) is 2.09. The number of nitrogens with one attached hydrogen (secondary N) is 1. The number of hydrogen-bond acceptors (Lipinski definition) is 3. The monoisotopic (exact) mass is 290 g/mol. The quantitative estimate of drug-likeness (QED) is 0.484. The molecule has 0 aliphatic heterocycles. The Kier molecular flexibility index (Phi) is 5.59. The standard InChI is InChI=1S/C16H19FN2S/c1-2-20-15-9-5-13(6-10-15)16(19-18)11-12-3-7-14(17)8-4-12/h3-10,16,19H,2,11,18H2,1H3. The van der Waals surface area contributed by atoms with Crippen molar-refractivity contribution in [1.29, 1.82) is 0 Å². The molecule has 0 spiro atoms. The molecule has 0 saturated carbocycles. The van der Waals surface area contributed by atoms with Crippen molar-refractivity contribution in [1.82, 2.24) is 5.43 Å². The zero-order chi connectivity index (χ0) is 14.4. The first-order chi connectivity index (χ1) is 9.72. The van der Waals surface area contributed by atoms with E-state index >= 15 is 0 Å². The van der Waals surface area contributed by atoms with E-state index in [2.05, 4.69) is 36.6 Å². The molecule has 2 nitrogen and oxygen atoms in total. The molecule has 1 unspecified atom stereocenters. The van der Waals surface area contributed by atoms with Gasteiger partial charge in [0.15, 0.2) is 0 Å². The number of nitrogens with two attached hydrogens (primary N) is 1. The molecule has 0 aliphatic rings. The zero-order valence-electron chi connectivity index (χ0n) is 11.5. The van der Waals surface area contributed by atoms with Crippen molar-refractivity contribution in [3.8, 4) is 0 Å². The molecular weight excluding hydrogens is 271 g/mol. The van der Waals surface area contributed by atoms with Crippen LogP contribution in [0, 0.1) is 5.82 Å². The number of hydrazine groups is 1. The van der Waals surface area contributed by atoms with E-state index in [4.69, 9.17) is 5.84 Å². The summed E-state index contributed by atoms with van der Waals surface area (Å²) in [6.07, 6.45) is 0.733. The van der Waals surface area contributed by atoms with Crippen molar-refractivity contribution in [2.24, 2.45) is 5.84 Å². The summed E-state index contributed by atoms with van der Waals surface area (Å²) in [7, 11) is 0. The predicted octanol–water partition coefficient (Wildman–Crippen LogP) is 3.68. The molecule has 0 heterocycles. The fraction of sp³-hybridized carbons (Fsp3) is 0.250. The van der Waals surface area contributed by atoms with Gasteiger partial charge in [0.25, 0.3) is 0 Å². The van der Waals surface area contributed by atoms with Crippen LogP contribution in [0.4, 0.5) is 4.39 Å². The highest BCUT2D eigenvalue weighted by molar-refractivity contribution is 7.99. The van der Waals surface area contributed by atoms with Crippen LogP contribution in [0.5, 0.6) is 0 Å². The third-order valence-corrected chi connectivity index (χ3v) is 4.04. The Balaban J connectivity index is 2.09. The van der Waals surface area contributed by atoms with E-state index < -0.39 is 0 Å². The predicted molar refractivity (Wildman–Crippen MR) is 83.0 cm³/mol. The van der Waals surface area contributed by atoms with Crippen LogP contribution in [0.3, 0.4) is 0 Å². The zero-order valence-corrected chi connectivity index (χ0v) is 12.3. The maximum Gasteiger partial charge on any atom is 0.123 e. The first kappa shape index (κ1) is 15.0. The highest BCUT2D eigenvalue weighted by atomic mass is 32.2. The summed E-state index contributed by atoms with van der Waals surface area (Å²) in [5.41, 5.74) is 5.03. The molecule has 0 saturated heterocycles. The fourth-order valence-corrected chi connectivity index (χ4v) is 2.75. The van der Waals surface area contributed by atoms with E-state index in [0.717, 1.165) is 23.3 Å². The van der Waals surface area contributed by atoms with Gasteiger partial charge in [0.1, 0.15) is 5.82 Å². The van der Waals surface area contributed by atoms with E-state index in [9.17, 15) is 4.39 Å². The van der Waals surface area contributed by atoms with Crippen molar-refractivity contribution in [2.75, 3.05) is 5.75 Å². The van der Waals surface area contributed by atoms with E-state index in [1.807, 2.05) is 11.8 Å². The van der Waals surface area contributed by atoms with Crippen LogP contribution in [0.25, 0.3) is 0 Å². The third-order valence-electron chi connectivity index (χ3n) is 3.15. The summed E-state index contributed by atoms with van der Waals surface area (Å²) in [5, 5.41) is 0. The Hall–Kier alpha value is -1.36. The molecule has 0 radical (unpaired) electrons. The lowest BCUT2D eigenvalue weighted by atomic mass is 9.99. The number of rotatable bonds is 6. The van der Waals surface area contributed by atoms with Crippen LogP contribution in [-0.2, 0) is 6.42 Å². The molecule has 4 heteroatoms. The number of benzene rings is 2. The molecule has 20 heavy (non-hydrogen) atoms. The van der Waals surface area contributed by atoms with Gasteiger partial charge in [-0.1, -0.05) is 31.2 Å². The molecule has 0 aromatic heterocycles. The number of thioether (sulfide) groups is 1. The van der Waals surface area contributed by atoms with Gasteiger partial charge in [-0.05, 0) is 47.6 Å². The summed E-state index contributed by atoms with van der Waals surface area (Å²) < 4.78 is 12.9. The SMILES string of the molecule is CCSc1ccc(C(Cc2ccc(F)cc2)NN)cc1. The van der Waals surface area contributed by atoms with Crippen LogP contribution < -0.4 is 11.3 Å². The maximum absolute atomic E-state index is 12.9. The molecular formula is C16H19FN2S. The molecule has 0 fully saturated rings. The van der Waals surface area contributed by atoms with Crippen LogP contribution in [0.15, 0.2) is 53.4 Å². The number of hydrogen-bond donors (Lipinski definition) is 2. The van der Waals surface area contributed by atoms with Crippen molar-refractivity contribution >= 4 is 11.8 Å². The summed E-state index contributed by atoms with van der Waals surface area (Å²) in [5.74, 6) is 6.50. The van der Waals surface area contributed by atoms with Crippen molar-refractivity contribution in [3.63, 3.8) is 0 Å². The summed E-state index contributed by atoms with van der Waals surface area (Å²) in [6.45, 7) is 2.14.